The second kappa shape index (κ2) is 8.71. The van der Waals surface area contributed by atoms with Crippen molar-refractivity contribution >= 4 is 28.2 Å². The number of hydrogen-bond acceptors (Lipinski definition) is 5. The first-order valence-corrected chi connectivity index (χ1v) is 10.1. The molecule has 0 unspecified atom stereocenters. The third-order valence-corrected chi connectivity index (χ3v) is 5.44. The summed E-state index contributed by atoms with van der Waals surface area (Å²) in [5, 5.41) is 3.17. The number of aromatic nitrogens is 1. The molecule has 1 aromatic heterocycles. The van der Waals surface area contributed by atoms with E-state index in [-0.39, 0.29) is 11.7 Å². The number of carbonyl (C=O) groups excluding carboxylic acids is 2. The van der Waals surface area contributed by atoms with Gasteiger partial charge in [-0.05, 0) is 18.2 Å². The van der Waals surface area contributed by atoms with Gasteiger partial charge < -0.3 is 4.74 Å². The fourth-order valence-corrected chi connectivity index (χ4v) is 3.92. The predicted octanol–water partition coefficient (Wildman–Crippen LogP) is 5.30. The molecular formula is C24H18N2O3S. The number of carbonyl (C=O) groups is 2. The number of rotatable bonds is 6. The summed E-state index contributed by atoms with van der Waals surface area (Å²) in [6.07, 6.45) is 0. The molecule has 4 rings (SSSR count). The Bertz CT molecular complexity index is 1190. The molecule has 0 aliphatic rings. The summed E-state index contributed by atoms with van der Waals surface area (Å²) in [7, 11) is 1.55. The van der Waals surface area contributed by atoms with E-state index >= 15 is 0 Å². The lowest BCUT2D eigenvalue weighted by atomic mass is 10.1. The Morgan fingerprint density at radius 2 is 1.53 bits per heavy atom. The minimum absolute atomic E-state index is 0.131. The van der Waals surface area contributed by atoms with Gasteiger partial charge in [0.15, 0.2) is 5.13 Å². The Balaban J connectivity index is 1.70. The van der Waals surface area contributed by atoms with Crippen molar-refractivity contribution in [3.63, 3.8) is 0 Å². The Morgan fingerprint density at radius 1 is 0.867 bits per heavy atom. The Morgan fingerprint density at radius 3 is 2.23 bits per heavy atom. The molecule has 148 valence electrons. The highest BCUT2D eigenvalue weighted by atomic mass is 32.1. The number of anilines is 1. The summed E-state index contributed by atoms with van der Waals surface area (Å²) >= 11 is 1.17. The van der Waals surface area contributed by atoms with Crippen LogP contribution < -0.4 is 10.1 Å². The van der Waals surface area contributed by atoms with E-state index in [2.05, 4.69) is 10.3 Å². The Hall–Kier alpha value is -3.77. The number of thiazole rings is 1. The molecule has 30 heavy (non-hydrogen) atoms. The molecule has 0 fully saturated rings. The van der Waals surface area contributed by atoms with Crippen molar-refractivity contribution in [1.82, 2.24) is 4.98 Å². The number of ketones is 1. The number of benzene rings is 3. The van der Waals surface area contributed by atoms with Crippen molar-refractivity contribution in [3.8, 4) is 17.0 Å². The summed E-state index contributed by atoms with van der Waals surface area (Å²) in [5.74, 6) is 0.140. The van der Waals surface area contributed by atoms with Gasteiger partial charge >= 0.3 is 0 Å². The Labute approximate surface area is 178 Å². The number of nitrogens with zero attached hydrogens (tertiary/aromatic N) is 1. The average Bonchev–Trinajstić information content (AvgIpc) is 3.23. The maximum Gasteiger partial charge on any atom is 0.257 e. The zero-order valence-corrected chi connectivity index (χ0v) is 17.0. The van der Waals surface area contributed by atoms with Gasteiger partial charge in [-0.2, -0.15) is 0 Å². The van der Waals surface area contributed by atoms with Crippen molar-refractivity contribution in [3.05, 3.63) is 101 Å². The molecule has 0 aliphatic carbocycles. The zero-order valence-electron chi connectivity index (χ0n) is 16.2. The van der Waals surface area contributed by atoms with Crippen LogP contribution in [0.15, 0.2) is 84.9 Å². The third-order valence-electron chi connectivity index (χ3n) is 4.47. The monoisotopic (exact) mass is 414 g/mol. The topological polar surface area (TPSA) is 68.3 Å². The summed E-state index contributed by atoms with van der Waals surface area (Å²) in [6, 6.07) is 25.4. The Kier molecular flexibility index (Phi) is 5.68. The molecule has 3 aromatic carbocycles. The molecule has 1 amide bonds. The number of hydrogen-bond donors (Lipinski definition) is 1. The van der Waals surface area contributed by atoms with Crippen LogP contribution in [0.4, 0.5) is 5.13 Å². The first-order valence-electron chi connectivity index (χ1n) is 9.27. The van der Waals surface area contributed by atoms with E-state index in [0.717, 1.165) is 5.56 Å². The van der Waals surface area contributed by atoms with Crippen LogP contribution in [0, 0.1) is 0 Å². The van der Waals surface area contributed by atoms with Gasteiger partial charge in [0, 0.05) is 16.7 Å². The summed E-state index contributed by atoms with van der Waals surface area (Å²) < 4.78 is 5.18. The number of methoxy groups -OCH3 is 1. The average molecular weight is 414 g/mol. The lowest BCUT2D eigenvalue weighted by Gasteiger charge is -2.04. The summed E-state index contributed by atoms with van der Waals surface area (Å²) in [6.45, 7) is 0. The van der Waals surface area contributed by atoms with Gasteiger partial charge in [0.05, 0.1) is 12.8 Å². The highest BCUT2D eigenvalue weighted by Crippen LogP contribution is 2.33. The molecule has 0 atom stereocenters. The molecule has 0 spiro atoms. The van der Waals surface area contributed by atoms with Gasteiger partial charge in [0.2, 0.25) is 5.78 Å². The van der Waals surface area contributed by atoms with Gasteiger partial charge in [-0.15, -0.1) is 0 Å². The molecule has 1 N–H and O–H groups in total. The number of ether oxygens (including phenoxy) is 1. The van der Waals surface area contributed by atoms with Gasteiger partial charge in [0.1, 0.15) is 10.6 Å². The zero-order chi connectivity index (χ0) is 20.9. The van der Waals surface area contributed by atoms with Crippen molar-refractivity contribution in [2.24, 2.45) is 0 Å². The van der Waals surface area contributed by atoms with E-state index in [1.807, 2.05) is 48.5 Å². The van der Waals surface area contributed by atoms with Gasteiger partial charge in [-0.3, -0.25) is 14.9 Å². The lowest BCUT2D eigenvalue weighted by molar-refractivity contribution is 0.102. The maximum absolute atomic E-state index is 13.1. The molecule has 0 aliphatic heterocycles. The molecule has 5 nitrogen and oxygen atoms in total. The predicted molar refractivity (Wildman–Crippen MR) is 118 cm³/mol. The standard InChI is InChI=1S/C24H18N2O3S/c1-29-19-14-8-13-18(15-19)23(28)26-24-25-20(16-9-4-2-5-10-16)22(30-24)21(27)17-11-6-3-7-12-17/h2-15H,1H3,(H,25,26,28). The molecule has 4 aromatic rings. The SMILES string of the molecule is COc1cccc(C(=O)Nc2nc(-c3ccccc3)c(C(=O)c3ccccc3)s2)c1. The molecule has 0 radical (unpaired) electrons. The van der Waals surface area contributed by atoms with Crippen LogP contribution in [-0.2, 0) is 0 Å². The van der Waals surface area contributed by atoms with Crippen LogP contribution in [0.25, 0.3) is 11.3 Å². The van der Waals surface area contributed by atoms with E-state index in [9.17, 15) is 9.59 Å². The van der Waals surface area contributed by atoms with Crippen molar-refractivity contribution in [1.29, 1.82) is 0 Å². The lowest BCUT2D eigenvalue weighted by Crippen LogP contribution is -2.11. The van der Waals surface area contributed by atoms with Crippen molar-refractivity contribution in [2.45, 2.75) is 0 Å². The second-order valence-corrected chi connectivity index (χ2v) is 7.44. The van der Waals surface area contributed by atoms with E-state index in [0.29, 0.717) is 32.6 Å². The van der Waals surface area contributed by atoms with E-state index in [1.165, 1.54) is 11.3 Å². The highest BCUT2D eigenvalue weighted by Gasteiger charge is 2.22. The highest BCUT2D eigenvalue weighted by molar-refractivity contribution is 7.18. The fourth-order valence-electron chi connectivity index (χ4n) is 2.97. The van der Waals surface area contributed by atoms with Crippen LogP contribution in [0.5, 0.6) is 5.75 Å². The number of amides is 1. The molecule has 6 heteroatoms. The van der Waals surface area contributed by atoms with Crippen LogP contribution >= 0.6 is 11.3 Å². The molecular weight excluding hydrogens is 396 g/mol. The largest absolute Gasteiger partial charge is 0.497 e. The van der Waals surface area contributed by atoms with E-state index in [4.69, 9.17) is 4.74 Å². The third kappa shape index (κ3) is 4.14. The van der Waals surface area contributed by atoms with Gasteiger partial charge in [-0.25, -0.2) is 4.98 Å². The smallest absolute Gasteiger partial charge is 0.257 e. The first kappa shape index (κ1) is 19.5. The van der Waals surface area contributed by atoms with Gasteiger partial charge in [-0.1, -0.05) is 78.1 Å². The van der Waals surface area contributed by atoms with Crippen molar-refractivity contribution in [2.75, 3.05) is 12.4 Å². The van der Waals surface area contributed by atoms with E-state index < -0.39 is 0 Å². The van der Waals surface area contributed by atoms with Crippen LogP contribution in [-0.4, -0.2) is 23.8 Å². The summed E-state index contributed by atoms with van der Waals surface area (Å²) in [4.78, 5) is 30.9. The van der Waals surface area contributed by atoms with Crippen LogP contribution in [0.3, 0.4) is 0 Å². The van der Waals surface area contributed by atoms with Crippen LogP contribution in [0.2, 0.25) is 0 Å². The summed E-state index contributed by atoms with van der Waals surface area (Å²) in [5.41, 5.74) is 2.39. The molecule has 0 saturated heterocycles. The quantitative estimate of drug-likeness (QED) is 0.435. The molecule has 0 saturated carbocycles. The second-order valence-electron chi connectivity index (χ2n) is 6.44. The van der Waals surface area contributed by atoms with Crippen molar-refractivity contribution < 1.29 is 14.3 Å². The molecule has 0 bridgehead atoms. The molecule has 1 heterocycles. The number of nitrogens with one attached hydrogen (secondary N) is 1. The van der Waals surface area contributed by atoms with Gasteiger partial charge in [0.25, 0.3) is 5.91 Å². The normalized spacial score (nSPS) is 10.4. The van der Waals surface area contributed by atoms with E-state index in [1.54, 1.807) is 43.5 Å². The fraction of sp³-hybridized carbons (Fsp3) is 0.0417. The maximum atomic E-state index is 13.1. The van der Waals surface area contributed by atoms with Crippen LogP contribution in [0.1, 0.15) is 25.6 Å². The minimum atomic E-state index is -0.319. The first-order chi connectivity index (χ1) is 14.7. The minimum Gasteiger partial charge on any atom is -0.497 e.